The van der Waals surface area contributed by atoms with Crippen molar-refractivity contribution in [2.45, 2.75) is 20.3 Å². The third-order valence-electron chi connectivity index (χ3n) is 2.40. The zero-order valence-electron chi connectivity index (χ0n) is 8.56. The molecule has 0 aliphatic heterocycles. The van der Waals surface area contributed by atoms with E-state index in [1.165, 1.54) is 0 Å². The summed E-state index contributed by atoms with van der Waals surface area (Å²) >= 11 is 5.34. The van der Waals surface area contributed by atoms with Gasteiger partial charge in [0.05, 0.1) is 7.11 Å². The van der Waals surface area contributed by atoms with Gasteiger partial charge in [-0.3, -0.25) is 4.79 Å². The lowest BCUT2D eigenvalue weighted by Gasteiger charge is -2.10. The van der Waals surface area contributed by atoms with Crippen molar-refractivity contribution in [3.63, 3.8) is 0 Å². The summed E-state index contributed by atoms with van der Waals surface area (Å²) in [5.41, 5.74) is 3.09. The molecule has 0 aliphatic rings. The van der Waals surface area contributed by atoms with Gasteiger partial charge >= 0.3 is 0 Å². The molecular formula is C11H13ClO2. The molecule has 0 atom stereocenters. The van der Waals surface area contributed by atoms with Gasteiger partial charge in [-0.2, -0.15) is 0 Å². The Morgan fingerprint density at radius 3 is 2.50 bits per heavy atom. The molecule has 1 rings (SSSR count). The van der Waals surface area contributed by atoms with E-state index >= 15 is 0 Å². The van der Waals surface area contributed by atoms with Crippen LogP contribution in [0.1, 0.15) is 16.7 Å². The lowest BCUT2D eigenvalue weighted by molar-refractivity contribution is -0.111. The quantitative estimate of drug-likeness (QED) is 0.720. The van der Waals surface area contributed by atoms with Crippen molar-refractivity contribution >= 4 is 16.8 Å². The smallest absolute Gasteiger partial charge is 0.226 e. The molecule has 0 fully saturated rings. The largest absolute Gasteiger partial charge is 0.496 e. The highest BCUT2D eigenvalue weighted by molar-refractivity contribution is 6.63. The van der Waals surface area contributed by atoms with Gasteiger partial charge in [-0.05, 0) is 48.2 Å². The van der Waals surface area contributed by atoms with Crippen LogP contribution in [0.15, 0.2) is 12.1 Å². The average Bonchev–Trinajstić information content (AvgIpc) is 2.13. The van der Waals surface area contributed by atoms with E-state index in [1.54, 1.807) is 7.11 Å². The SMILES string of the molecule is COc1ccc(CC(=O)Cl)c(C)c1C. The second kappa shape index (κ2) is 4.47. The van der Waals surface area contributed by atoms with Crippen LogP contribution in [-0.4, -0.2) is 12.4 Å². The maximum atomic E-state index is 10.8. The summed E-state index contributed by atoms with van der Waals surface area (Å²) < 4.78 is 5.17. The number of carbonyl (C=O) groups is 1. The molecule has 0 radical (unpaired) electrons. The van der Waals surface area contributed by atoms with Crippen molar-refractivity contribution < 1.29 is 9.53 Å². The van der Waals surface area contributed by atoms with Crippen molar-refractivity contribution in [2.24, 2.45) is 0 Å². The predicted molar refractivity (Wildman–Crippen MR) is 57.0 cm³/mol. The molecule has 0 bridgehead atoms. The molecule has 1 aromatic rings. The van der Waals surface area contributed by atoms with Gasteiger partial charge in [-0.1, -0.05) is 6.07 Å². The monoisotopic (exact) mass is 212 g/mol. The Kier molecular flexibility index (Phi) is 3.53. The summed E-state index contributed by atoms with van der Waals surface area (Å²) in [6.45, 7) is 3.93. The molecule has 0 amide bonds. The molecule has 76 valence electrons. The van der Waals surface area contributed by atoms with Crippen molar-refractivity contribution in [1.29, 1.82) is 0 Å². The minimum atomic E-state index is -0.335. The first kappa shape index (κ1) is 11.1. The summed E-state index contributed by atoms with van der Waals surface area (Å²) in [5, 5.41) is -0.335. The van der Waals surface area contributed by atoms with E-state index in [0.29, 0.717) is 0 Å². The summed E-state index contributed by atoms with van der Waals surface area (Å²) in [6.07, 6.45) is 0.276. The number of halogens is 1. The minimum Gasteiger partial charge on any atom is -0.496 e. The molecule has 3 heteroatoms. The van der Waals surface area contributed by atoms with Gasteiger partial charge in [0.2, 0.25) is 5.24 Å². The molecule has 0 heterocycles. The van der Waals surface area contributed by atoms with Crippen LogP contribution in [0, 0.1) is 13.8 Å². The molecule has 0 spiro atoms. The Morgan fingerprint density at radius 2 is 2.00 bits per heavy atom. The normalized spacial score (nSPS) is 10.0. The zero-order valence-corrected chi connectivity index (χ0v) is 9.31. The Labute approximate surface area is 88.8 Å². The Bertz CT molecular complexity index is 359. The van der Waals surface area contributed by atoms with Crippen molar-refractivity contribution in [3.05, 3.63) is 28.8 Å². The molecule has 2 nitrogen and oxygen atoms in total. The molecule has 0 saturated heterocycles. The first-order chi connectivity index (χ1) is 6.56. The molecule has 0 saturated carbocycles. The highest BCUT2D eigenvalue weighted by Crippen LogP contribution is 2.24. The Balaban J connectivity index is 3.10. The molecule has 1 aromatic carbocycles. The fourth-order valence-electron chi connectivity index (χ4n) is 1.41. The number of methoxy groups -OCH3 is 1. The van der Waals surface area contributed by atoms with E-state index in [0.717, 1.165) is 22.4 Å². The molecule has 0 unspecified atom stereocenters. The molecule has 14 heavy (non-hydrogen) atoms. The fourth-order valence-corrected chi connectivity index (χ4v) is 1.56. The Morgan fingerprint density at radius 1 is 1.36 bits per heavy atom. The van der Waals surface area contributed by atoms with Gasteiger partial charge in [0.15, 0.2) is 0 Å². The highest BCUT2D eigenvalue weighted by Gasteiger charge is 2.08. The van der Waals surface area contributed by atoms with Gasteiger partial charge in [-0.15, -0.1) is 0 Å². The van der Waals surface area contributed by atoms with E-state index in [2.05, 4.69) is 0 Å². The van der Waals surface area contributed by atoms with E-state index in [9.17, 15) is 4.79 Å². The summed E-state index contributed by atoms with van der Waals surface area (Å²) in [4.78, 5) is 10.8. The standard InChI is InChI=1S/C11H13ClO2/c1-7-8(2)10(14-3)5-4-9(7)6-11(12)13/h4-5H,6H2,1-3H3. The van der Waals surface area contributed by atoms with Crippen molar-refractivity contribution in [1.82, 2.24) is 0 Å². The van der Waals surface area contributed by atoms with Crippen molar-refractivity contribution in [3.8, 4) is 5.75 Å². The molecular weight excluding hydrogens is 200 g/mol. The first-order valence-corrected chi connectivity index (χ1v) is 4.75. The number of hydrogen-bond donors (Lipinski definition) is 0. The summed E-state index contributed by atoms with van der Waals surface area (Å²) in [7, 11) is 1.63. The third kappa shape index (κ3) is 2.26. The molecule has 0 N–H and O–H groups in total. The minimum absolute atomic E-state index is 0.276. The average molecular weight is 213 g/mol. The Hall–Kier alpha value is -1.02. The van der Waals surface area contributed by atoms with Crippen LogP contribution >= 0.6 is 11.6 Å². The van der Waals surface area contributed by atoms with Gasteiger partial charge in [0.25, 0.3) is 0 Å². The summed E-state index contributed by atoms with van der Waals surface area (Å²) in [6, 6.07) is 3.74. The molecule has 0 aromatic heterocycles. The van der Waals surface area contributed by atoms with Gasteiger partial charge in [0, 0.05) is 6.42 Å². The number of ether oxygens (including phenoxy) is 1. The lowest BCUT2D eigenvalue weighted by atomic mass is 10.0. The lowest BCUT2D eigenvalue weighted by Crippen LogP contribution is -1.99. The van der Waals surface area contributed by atoms with Crippen LogP contribution in [0.3, 0.4) is 0 Å². The van der Waals surface area contributed by atoms with Crippen molar-refractivity contribution in [2.75, 3.05) is 7.11 Å². The van der Waals surface area contributed by atoms with Gasteiger partial charge in [-0.25, -0.2) is 0 Å². The third-order valence-corrected chi connectivity index (χ3v) is 2.53. The fraction of sp³-hybridized carbons (Fsp3) is 0.364. The highest BCUT2D eigenvalue weighted by atomic mass is 35.5. The number of hydrogen-bond acceptors (Lipinski definition) is 2. The summed E-state index contributed by atoms with van der Waals surface area (Å²) in [5.74, 6) is 0.841. The maximum Gasteiger partial charge on any atom is 0.226 e. The molecule has 0 aliphatic carbocycles. The van der Waals surface area contributed by atoms with Gasteiger partial charge < -0.3 is 4.74 Å². The predicted octanol–water partition coefficient (Wildman–Crippen LogP) is 2.62. The second-order valence-electron chi connectivity index (χ2n) is 3.21. The van der Waals surface area contributed by atoms with Crippen LogP contribution in [0.5, 0.6) is 5.75 Å². The van der Waals surface area contributed by atoms with E-state index in [1.807, 2.05) is 26.0 Å². The van der Waals surface area contributed by atoms with Gasteiger partial charge in [0.1, 0.15) is 5.75 Å². The number of carbonyl (C=O) groups excluding carboxylic acids is 1. The van der Waals surface area contributed by atoms with E-state index in [4.69, 9.17) is 16.3 Å². The maximum absolute atomic E-state index is 10.8. The number of benzene rings is 1. The van der Waals surface area contributed by atoms with Crippen LogP contribution in [-0.2, 0) is 11.2 Å². The van der Waals surface area contributed by atoms with E-state index < -0.39 is 0 Å². The zero-order chi connectivity index (χ0) is 10.7. The second-order valence-corrected chi connectivity index (χ2v) is 3.63. The first-order valence-electron chi connectivity index (χ1n) is 4.37. The van der Waals surface area contributed by atoms with Crippen LogP contribution < -0.4 is 4.74 Å². The van der Waals surface area contributed by atoms with Crippen LogP contribution in [0.4, 0.5) is 0 Å². The van der Waals surface area contributed by atoms with E-state index in [-0.39, 0.29) is 11.7 Å². The van der Waals surface area contributed by atoms with Crippen LogP contribution in [0.2, 0.25) is 0 Å². The topological polar surface area (TPSA) is 26.3 Å². The number of rotatable bonds is 3. The van der Waals surface area contributed by atoms with Crippen LogP contribution in [0.25, 0.3) is 0 Å².